The van der Waals surface area contributed by atoms with E-state index in [4.69, 9.17) is 5.11 Å². The van der Waals surface area contributed by atoms with Crippen molar-refractivity contribution >= 4 is 23.5 Å². The lowest BCUT2D eigenvalue weighted by molar-refractivity contribution is -0.131. The maximum absolute atomic E-state index is 12.3. The number of hydrazine groups is 1. The van der Waals surface area contributed by atoms with Crippen LogP contribution in [0.4, 0.5) is 5.69 Å². The molecule has 0 saturated carbocycles. The maximum atomic E-state index is 12.3. The molecule has 0 aliphatic carbocycles. The standard InChI is InChI=1S/C14H15N3O4/c1-16-9-11(15-12(18)7-8-13(19)20)14(21)17(16)10-5-3-2-4-6-10/h2-8,11H,9H2,1H3,(H,15,18)(H,19,20). The van der Waals surface area contributed by atoms with Crippen LogP contribution in [0, 0.1) is 0 Å². The molecule has 0 spiro atoms. The van der Waals surface area contributed by atoms with Crippen molar-refractivity contribution in [3.05, 3.63) is 42.5 Å². The Morgan fingerprint density at radius 2 is 1.95 bits per heavy atom. The molecular weight excluding hydrogens is 274 g/mol. The molecule has 1 heterocycles. The van der Waals surface area contributed by atoms with Gasteiger partial charge in [-0.3, -0.25) is 9.59 Å². The number of hydrogen-bond acceptors (Lipinski definition) is 4. The molecule has 1 aromatic carbocycles. The van der Waals surface area contributed by atoms with Gasteiger partial charge in [-0.1, -0.05) is 18.2 Å². The predicted octanol–water partition coefficient (Wildman–Crippen LogP) is 0.00560. The van der Waals surface area contributed by atoms with Gasteiger partial charge in [0, 0.05) is 25.7 Å². The zero-order valence-corrected chi connectivity index (χ0v) is 11.4. The number of anilines is 1. The second-order valence-electron chi connectivity index (χ2n) is 4.56. The molecule has 7 nitrogen and oxygen atoms in total. The summed E-state index contributed by atoms with van der Waals surface area (Å²) in [6.07, 6.45) is 1.62. The first-order valence-corrected chi connectivity index (χ1v) is 6.30. The van der Waals surface area contributed by atoms with Crippen LogP contribution in [0.1, 0.15) is 0 Å². The average Bonchev–Trinajstić information content (AvgIpc) is 2.72. The topological polar surface area (TPSA) is 90.0 Å². The minimum Gasteiger partial charge on any atom is -0.478 e. The van der Waals surface area contributed by atoms with Gasteiger partial charge in [-0.2, -0.15) is 0 Å². The fourth-order valence-corrected chi connectivity index (χ4v) is 2.11. The van der Waals surface area contributed by atoms with Gasteiger partial charge in [-0.05, 0) is 12.1 Å². The van der Waals surface area contributed by atoms with Crippen LogP contribution in [0.3, 0.4) is 0 Å². The number of carbonyl (C=O) groups excluding carboxylic acids is 2. The van der Waals surface area contributed by atoms with E-state index in [1.54, 1.807) is 24.2 Å². The summed E-state index contributed by atoms with van der Waals surface area (Å²) in [5, 5.41) is 14.1. The lowest BCUT2D eigenvalue weighted by atomic mass is 10.2. The minimum atomic E-state index is -1.22. The SMILES string of the molecule is CN1CC(NC(=O)C=CC(=O)O)C(=O)N1c1ccccc1. The van der Waals surface area contributed by atoms with Gasteiger partial charge >= 0.3 is 5.97 Å². The number of nitrogens with one attached hydrogen (secondary N) is 1. The highest BCUT2D eigenvalue weighted by Gasteiger charge is 2.37. The Bertz CT molecular complexity index is 585. The van der Waals surface area contributed by atoms with Gasteiger partial charge in [0.1, 0.15) is 6.04 Å². The number of carbonyl (C=O) groups is 3. The van der Waals surface area contributed by atoms with Crippen LogP contribution < -0.4 is 10.3 Å². The number of para-hydroxylation sites is 1. The predicted molar refractivity (Wildman–Crippen MR) is 75.3 cm³/mol. The van der Waals surface area contributed by atoms with Crippen LogP contribution >= 0.6 is 0 Å². The molecule has 0 aromatic heterocycles. The van der Waals surface area contributed by atoms with Gasteiger partial charge in [-0.15, -0.1) is 0 Å². The van der Waals surface area contributed by atoms with Crippen molar-refractivity contribution in [3.63, 3.8) is 0 Å². The lowest BCUT2D eigenvalue weighted by Crippen LogP contribution is -2.42. The van der Waals surface area contributed by atoms with Gasteiger partial charge in [0.05, 0.1) is 5.69 Å². The van der Waals surface area contributed by atoms with Gasteiger partial charge in [0.15, 0.2) is 0 Å². The molecular formula is C14H15N3O4. The Morgan fingerprint density at radius 3 is 2.57 bits per heavy atom. The Hall–Kier alpha value is -2.67. The highest BCUT2D eigenvalue weighted by Crippen LogP contribution is 2.21. The summed E-state index contributed by atoms with van der Waals surface area (Å²) in [5.74, 6) is -2.09. The summed E-state index contributed by atoms with van der Waals surface area (Å²) < 4.78 is 0. The number of aliphatic carboxylic acids is 1. The van der Waals surface area contributed by atoms with Crippen LogP contribution in [-0.2, 0) is 14.4 Å². The van der Waals surface area contributed by atoms with Crippen molar-refractivity contribution in [1.82, 2.24) is 10.3 Å². The van der Waals surface area contributed by atoms with Crippen molar-refractivity contribution < 1.29 is 19.5 Å². The Kier molecular flexibility index (Phi) is 4.34. The highest BCUT2D eigenvalue weighted by molar-refractivity contribution is 6.02. The van der Waals surface area contributed by atoms with Gasteiger partial charge in [-0.25, -0.2) is 14.8 Å². The third-order valence-corrected chi connectivity index (χ3v) is 2.99. The Labute approximate surface area is 121 Å². The smallest absolute Gasteiger partial charge is 0.328 e. The first-order chi connectivity index (χ1) is 9.99. The normalized spacial score (nSPS) is 19.2. The Morgan fingerprint density at radius 1 is 1.29 bits per heavy atom. The number of rotatable bonds is 4. The van der Waals surface area contributed by atoms with E-state index in [9.17, 15) is 14.4 Å². The third kappa shape index (κ3) is 3.46. The molecule has 2 N–H and O–H groups in total. The molecule has 1 atom stereocenters. The zero-order chi connectivity index (χ0) is 15.4. The molecule has 2 amide bonds. The van der Waals surface area contributed by atoms with Gasteiger partial charge in [0.2, 0.25) is 5.91 Å². The molecule has 0 bridgehead atoms. The maximum Gasteiger partial charge on any atom is 0.328 e. The van der Waals surface area contributed by atoms with E-state index in [2.05, 4.69) is 5.32 Å². The lowest BCUT2D eigenvalue weighted by Gasteiger charge is -2.23. The average molecular weight is 289 g/mol. The molecule has 21 heavy (non-hydrogen) atoms. The molecule has 1 unspecified atom stereocenters. The van der Waals surface area contributed by atoms with E-state index in [0.29, 0.717) is 12.2 Å². The van der Waals surface area contributed by atoms with E-state index in [-0.39, 0.29) is 5.91 Å². The summed E-state index contributed by atoms with van der Waals surface area (Å²) in [6.45, 7) is 0.320. The number of benzene rings is 1. The number of hydrogen-bond donors (Lipinski definition) is 2. The molecule has 7 heteroatoms. The number of likely N-dealkylation sites (N-methyl/N-ethyl adjacent to an activating group) is 1. The minimum absolute atomic E-state index is 0.263. The van der Waals surface area contributed by atoms with Crippen LogP contribution in [0.5, 0.6) is 0 Å². The molecule has 1 aromatic rings. The first kappa shape index (κ1) is 14.7. The first-order valence-electron chi connectivity index (χ1n) is 6.30. The Balaban J connectivity index is 2.06. The largest absolute Gasteiger partial charge is 0.478 e. The molecule has 1 aliphatic rings. The van der Waals surface area contributed by atoms with Crippen LogP contribution in [0.15, 0.2) is 42.5 Å². The summed E-state index contributed by atoms with van der Waals surface area (Å²) in [6, 6.07) is 8.36. The second kappa shape index (κ2) is 6.19. The van der Waals surface area contributed by atoms with E-state index in [0.717, 1.165) is 12.2 Å². The van der Waals surface area contributed by atoms with Gasteiger partial charge < -0.3 is 10.4 Å². The number of carboxylic acid groups (broad SMARTS) is 1. The van der Waals surface area contributed by atoms with E-state index in [1.807, 2.05) is 18.2 Å². The molecule has 1 saturated heterocycles. The molecule has 1 aliphatic heterocycles. The van der Waals surface area contributed by atoms with Crippen molar-refractivity contribution in [2.75, 3.05) is 18.6 Å². The summed E-state index contributed by atoms with van der Waals surface area (Å²) in [5.41, 5.74) is 0.711. The molecule has 2 rings (SSSR count). The van der Waals surface area contributed by atoms with Crippen molar-refractivity contribution in [3.8, 4) is 0 Å². The number of carboxylic acids is 1. The third-order valence-electron chi connectivity index (χ3n) is 2.99. The van der Waals surface area contributed by atoms with Crippen LogP contribution in [0.2, 0.25) is 0 Å². The summed E-state index contributed by atoms with van der Waals surface area (Å²) >= 11 is 0. The monoisotopic (exact) mass is 289 g/mol. The molecule has 0 radical (unpaired) electrons. The van der Waals surface area contributed by atoms with Crippen LogP contribution in [-0.4, -0.2) is 47.5 Å². The fraction of sp³-hybridized carbons (Fsp3) is 0.214. The quantitative estimate of drug-likeness (QED) is 0.762. The van der Waals surface area contributed by atoms with E-state index < -0.39 is 17.9 Å². The van der Waals surface area contributed by atoms with Gasteiger partial charge in [0.25, 0.3) is 5.91 Å². The zero-order valence-electron chi connectivity index (χ0n) is 11.4. The van der Waals surface area contributed by atoms with E-state index >= 15 is 0 Å². The molecule has 110 valence electrons. The van der Waals surface area contributed by atoms with Crippen LogP contribution in [0.25, 0.3) is 0 Å². The number of amides is 2. The fourth-order valence-electron chi connectivity index (χ4n) is 2.11. The molecule has 1 fully saturated rings. The highest BCUT2D eigenvalue weighted by atomic mass is 16.4. The second-order valence-corrected chi connectivity index (χ2v) is 4.56. The summed E-state index contributed by atoms with van der Waals surface area (Å²) in [7, 11) is 1.74. The van der Waals surface area contributed by atoms with Crippen molar-refractivity contribution in [2.45, 2.75) is 6.04 Å². The van der Waals surface area contributed by atoms with Crippen molar-refractivity contribution in [2.24, 2.45) is 0 Å². The van der Waals surface area contributed by atoms with E-state index in [1.165, 1.54) is 5.01 Å². The number of nitrogens with zero attached hydrogens (tertiary/aromatic N) is 2. The van der Waals surface area contributed by atoms with Crippen molar-refractivity contribution in [1.29, 1.82) is 0 Å². The summed E-state index contributed by atoms with van der Waals surface area (Å²) in [4.78, 5) is 34.2.